The van der Waals surface area contributed by atoms with E-state index in [0.717, 1.165) is 0 Å². The van der Waals surface area contributed by atoms with Crippen molar-refractivity contribution >= 4 is 17.3 Å². The number of nitrogens with zero attached hydrogens (tertiary/aromatic N) is 1. The molecule has 1 aromatic rings. The number of nitro benzene ring substituents is 1. The van der Waals surface area contributed by atoms with E-state index in [9.17, 15) is 14.9 Å². The molecule has 0 bridgehead atoms. The summed E-state index contributed by atoms with van der Waals surface area (Å²) in [5.41, 5.74) is 6.33. The van der Waals surface area contributed by atoms with E-state index in [1.807, 2.05) is 6.92 Å². The summed E-state index contributed by atoms with van der Waals surface area (Å²) in [4.78, 5) is 21.7. The number of hydrogen-bond acceptors (Lipinski definition) is 4. The van der Waals surface area contributed by atoms with Crippen LogP contribution in [0.5, 0.6) is 0 Å². The number of amides is 1. The van der Waals surface area contributed by atoms with Gasteiger partial charge in [-0.1, -0.05) is 13.0 Å². The molecule has 0 spiro atoms. The number of carbonyl (C=O) groups excluding carboxylic acids is 1. The van der Waals surface area contributed by atoms with Crippen LogP contribution in [0.2, 0.25) is 0 Å². The minimum Gasteiger partial charge on any atom is -0.330 e. The number of nitrogens with two attached hydrogens (primary N) is 1. The molecule has 1 aromatic carbocycles. The topological polar surface area (TPSA) is 98.3 Å². The van der Waals surface area contributed by atoms with Crippen molar-refractivity contribution < 1.29 is 9.72 Å². The first-order valence-electron chi connectivity index (χ1n) is 5.35. The van der Waals surface area contributed by atoms with E-state index < -0.39 is 4.92 Å². The molecule has 6 nitrogen and oxygen atoms in total. The molecule has 0 heterocycles. The van der Waals surface area contributed by atoms with Crippen LogP contribution in [0.25, 0.3) is 0 Å². The van der Waals surface area contributed by atoms with E-state index in [1.165, 1.54) is 6.07 Å². The first-order valence-corrected chi connectivity index (χ1v) is 5.35. The molecule has 17 heavy (non-hydrogen) atoms. The fourth-order valence-corrected chi connectivity index (χ4v) is 1.47. The summed E-state index contributed by atoms with van der Waals surface area (Å²) in [7, 11) is 0. The van der Waals surface area contributed by atoms with Gasteiger partial charge in [0.1, 0.15) is 0 Å². The summed E-state index contributed by atoms with van der Waals surface area (Å²) >= 11 is 0. The summed E-state index contributed by atoms with van der Waals surface area (Å²) < 4.78 is 0. The Balaban J connectivity index is 2.92. The third-order valence-electron chi connectivity index (χ3n) is 2.32. The van der Waals surface area contributed by atoms with E-state index in [-0.39, 0.29) is 24.6 Å². The second kappa shape index (κ2) is 5.95. The van der Waals surface area contributed by atoms with Crippen LogP contribution >= 0.6 is 0 Å². The van der Waals surface area contributed by atoms with Gasteiger partial charge in [-0.05, 0) is 12.5 Å². The molecule has 0 saturated heterocycles. The maximum Gasteiger partial charge on any atom is 0.274 e. The highest BCUT2D eigenvalue weighted by atomic mass is 16.6. The van der Waals surface area contributed by atoms with Gasteiger partial charge < -0.3 is 11.1 Å². The molecule has 0 atom stereocenters. The Kier molecular flexibility index (Phi) is 4.59. The van der Waals surface area contributed by atoms with Crippen LogP contribution in [0, 0.1) is 10.1 Å². The molecule has 0 aliphatic carbocycles. The largest absolute Gasteiger partial charge is 0.330 e. The molecule has 0 fully saturated rings. The highest BCUT2D eigenvalue weighted by molar-refractivity contribution is 5.91. The van der Waals surface area contributed by atoms with Gasteiger partial charge in [0.05, 0.1) is 4.92 Å². The number of nitrogens with one attached hydrogen (secondary N) is 1. The molecule has 0 saturated carbocycles. The van der Waals surface area contributed by atoms with E-state index in [1.54, 1.807) is 12.1 Å². The predicted octanol–water partition coefficient (Wildman–Crippen LogP) is 1.44. The van der Waals surface area contributed by atoms with Gasteiger partial charge in [-0.3, -0.25) is 14.9 Å². The monoisotopic (exact) mass is 237 g/mol. The molecular formula is C11H15N3O3. The average molecular weight is 237 g/mol. The second-order valence-corrected chi connectivity index (χ2v) is 3.54. The van der Waals surface area contributed by atoms with Gasteiger partial charge in [-0.25, -0.2) is 0 Å². The van der Waals surface area contributed by atoms with Crippen LogP contribution in [-0.4, -0.2) is 17.4 Å². The zero-order valence-electron chi connectivity index (χ0n) is 9.60. The van der Waals surface area contributed by atoms with E-state index in [4.69, 9.17) is 5.73 Å². The van der Waals surface area contributed by atoms with Crippen molar-refractivity contribution in [3.05, 3.63) is 33.9 Å². The first-order chi connectivity index (χ1) is 8.08. The van der Waals surface area contributed by atoms with E-state index >= 15 is 0 Å². The maximum absolute atomic E-state index is 11.3. The van der Waals surface area contributed by atoms with Crippen LogP contribution < -0.4 is 11.1 Å². The van der Waals surface area contributed by atoms with Crippen LogP contribution in [0.1, 0.15) is 18.9 Å². The van der Waals surface area contributed by atoms with Crippen molar-refractivity contribution in [2.24, 2.45) is 5.73 Å². The molecule has 1 rings (SSSR count). The number of hydrogen-bond donors (Lipinski definition) is 2. The van der Waals surface area contributed by atoms with Crippen molar-refractivity contribution in [2.75, 3.05) is 11.9 Å². The van der Waals surface area contributed by atoms with Crippen LogP contribution in [0.15, 0.2) is 18.2 Å². The standard InChI is InChI=1S/C11H15N3O3/c1-2-8-3-4-9(7-10(8)14(16)17)13-11(15)5-6-12/h3-4,7H,2,5-6,12H2,1H3,(H,13,15). The van der Waals surface area contributed by atoms with Crippen molar-refractivity contribution in [3.8, 4) is 0 Å². The van der Waals surface area contributed by atoms with Crippen molar-refractivity contribution in [1.82, 2.24) is 0 Å². The van der Waals surface area contributed by atoms with Gasteiger partial charge in [-0.15, -0.1) is 0 Å². The molecule has 1 amide bonds. The van der Waals surface area contributed by atoms with Gasteiger partial charge in [0.2, 0.25) is 5.91 Å². The summed E-state index contributed by atoms with van der Waals surface area (Å²) in [5, 5.41) is 13.4. The van der Waals surface area contributed by atoms with Crippen molar-refractivity contribution in [2.45, 2.75) is 19.8 Å². The zero-order chi connectivity index (χ0) is 12.8. The minimum absolute atomic E-state index is 0.0260. The summed E-state index contributed by atoms with van der Waals surface area (Å²) in [6.07, 6.45) is 0.774. The normalized spacial score (nSPS) is 10.0. The second-order valence-electron chi connectivity index (χ2n) is 3.54. The number of rotatable bonds is 5. The Labute approximate surface area is 99.0 Å². The highest BCUT2D eigenvalue weighted by Crippen LogP contribution is 2.23. The van der Waals surface area contributed by atoms with Crippen molar-refractivity contribution in [1.29, 1.82) is 0 Å². The number of benzene rings is 1. The predicted molar refractivity (Wildman–Crippen MR) is 64.8 cm³/mol. The Morgan fingerprint density at radius 1 is 1.53 bits per heavy atom. The minimum atomic E-state index is -0.447. The smallest absolute Gasteiger partial charge is 0.274 e. The molecule has 0 aromatic heterocycles. The first kappa shape index (κ1) is 13.1. The van der Waals surface area contributed by atoms with Crippen LogP contribution in [0.3, 0.4) is 0 Å². The Bertz CT molecular complexity index is 432. The maximum atomic E-state index is 11.3. The third kappa shape index (κ3) is 3.53. The van der Waals surface area contributed by atoms with Gasteiger partial charge in [0.25, 0.3) is 5.69 Å². The Morgan fingerprint density at radius 3 is 2.76 bits per heavy atom. The lowest BCUT2D eigenvalue weighted by Gasteiger charge is -2.06. The van der Waals surface area contributed by atoms with Gasteiger partial charge in [-0.2, -0.15) is 0 Å². The van der Waals surface area contributed by atoms with Crippen molar-refractivity contribution in [3.63, 3.8) is 0 Å². The molecule has 3 N–H and O–H groups in total. The summed E-state index contributed by atoms with van der Waals surface area (Å²) in [6, 6.07) is 4.67. The SMILES string of the molecule is CCc1ccc(NC(=O)CCN)cc1[N+](=O)[O-]. The third-order valence-corrected chi connectivity index (χ3v) is 2.32. The van der Waals surface area contributed by atoms with E-state index in [0.29, 0.717) is 17.7 Å². The number of carbonyl (C=O) groups is 1. The highest BCUT2D eigenvalue weighted by Gasteiger charge is 2.13. The molecule has 0 unspecified atom stereocenters. The van der Waals surface area contributed by atoms with Gasteiger partial charge in [0.15, 0.2) is 0 Å². The lowest BCUT2D eigenvalue weighted by Crippen LogP contribution is -2.16. The van der Waals surface area contributed by atoms with Gasteiger partial charge in [0, 0.05) is 30.3 Å². The molecule has 6 heteroatoms. The van der Waals surface area contributed by atoms with Crippen LogP contribution in [-0.2, 0) is 11.2 Å². The zero-order valence-corrected chi connectivity index (χ0v) is 9.60. The van der Waals surface area contributed by atoms with Crippen LogP contribution in [0.4, 0.5) is 11.4 Å². The Hall–Kier alpha value is -1.95. The number of aryl methyl sites for hydroxylation is 1. The van der Waals surface area contributed by atoms with E-state index in [2.05, 4.69) is 5.32 Å². The fraction of sp³-hybridized carbons (Fsp3) is 0.364. The van der Waals surface area contributed by atoms with Gasteiger partial charge >= 0.3 is 0 Å². The fourth-order valence-electron chi connectivity index (χ4n) is 1.47. The summed E-state index contributed by atoms with van der Waals surface area (Å²) in [5.74, 6) is -0.244. The molecule has 0 aliphatic heterocycles. The molecule has 0 radical (unpaired) electrons. The lowest BCUT2D eigenvalue weighted by molar-refractivity contribution is -0.385. The quantitative estimate of drug-likeness (QED) is 0.598. The lowest BCUT2D eigenvalue weighted by atomic mass is 10.1. The number of nitro groups is 1. The number of anilines is 1. The average Bonchev–Trinajstić information content (AvgIpc) is 2.29. The summed E-state index contributed by atoms with van der Waals surface area (Å²) in [6.45, 7) is 2.09. The Morgan fingerprint density at radius 2 is 2.24 bits per heavy atom. The molecule has 92 valence electrons. The molecule has 0 aliphatic rings. The molecular weight excluding hydrogens is 222 g/mol.